The lowest BCUT2D eigenvalue weighted by molar-refractivity contribution is -0.384. The van der Waals surface area contributed by atoms with Crippen molar-refractivity contribution in [3.05, 3.63) is 57.1 Å². The summed E-state index contributed by atoms with van der Waals surface area (Å²) in [6, 6.07) is 9.51. The fourth-order valence-corrected chi connectivity index (χ4v) is 3.46. The highest BCUT2D eigenvalue weighted by Gasteiger charge is 2.24. The number of amides is 1. The van der Waals surface area contributed by atoms with Crippen LogP contribution < -0.4 is 14.4 Å². The summed E-state index contributed by atoms with van der Waals surface area (Å²) in [4.78, 5) is 27.0. The molecule has 0 spiro atoms. The molecule has 2 aromatic rings. The lowest BCUT2D eigenvalue weighted by Crippen LogP contribution is -2.48. The first-order valence-electron chi connectivity index (χ1n) is 8.64. The second-order valence-corrected chi connectivity index (χ2v) is 6.65. The zero-order valence-electron chi connectivity index (χ0n) is 15.6. The molecular weight excluding hydrogens is 386 g/mol. The van der Waals surface area contributed by atoms with Crippen LogP contribution in [0.2, 0.25) is 5.02 Å². The van der Waals surface area contributed by atoms with Crippen LogP contribution >= 0.6 is 11.6 Å². The van der Waals surface area contributed by atoms with Crippen LogP contribution in [0.15, 0.2) is 36.4 Å². The van der Waals surface area contributed by atoms with Crippen molar-refractivity contribution in [3.63, 3.8) is 0 Å². The predicted molar refractivity (Wildman–Crippen MR) is 106 cm³/mol. The van der Waals surface area contributed by atoms with Gasteiger partial charge < -0.3 is 19.3 Å². The zero-order valence-corrected chi connectivity index (χ0v) is 16.3. The molecule has 9 heteroatoms. The van der Waals surface area contributed by atoms with E-state index in [1.807, 2.05) is 4.90 Å². The molecule has 0 radical (unpaired) electrons. The van der Waals surface area contributed by atoms with Crippen molar-refractivity contribution in [3.8, 4) is 11.5 Å². The largest absolute Gasteiger partial charge is 0.493 e. The Bertz CT molecular complexity index is 897. The predicted octanol–water partition coefficient (Wildman–Crippen LogP) is 3.23. The quantitative estimate of drug-likeness (QED) is 0.560. The molecule has 0 aliphatic carbocycles. The Kier molecular flexibility index (Phi) is 5.89. The van der Waals surface area contributed by atoms with E-state index in [4.69, 9.17) is 21.1 Å². The Balaban J connectivity index is 1.68. The van der Waals surface area contributed by atoms with Crippen LogP contribution in [0, 0.1) is 10.1 Å². The highest BCUT2D eigenvalue weighted by molar-refractivity contribution is 6.33. The minimum Gasteiger partial charge on any atom is -0.493 e. The van der Waals surface area contributed by atoms with E-state index < -0.39 is 4.92 Å². The number of methoxy groups -OCH3 is 2. The number of ether oxygens (including phenoxy) is 2. The maximum atomic E-state index is 12.8. The van der Waals surface area contributed by atoms with E-state index in [9.17, 15) is 14.9 Å². The molecule has 8 nitrogen and oxygen atoms in total. The molecule has 1 aliphatic heterocycles. The third kappa shape index (κ3) is 3.96. The summed E-state index contributed by atoms with van der Waals surface area (Å²) in [7, 11) is 3.07. The van der Waals surface area contributed by atoms with E-state index in [1.54, 1.807) is 36.3 Å². The molecule has 0 unspecified atom stereocenters. The fourth-order valence-electron chi connectivity index (χ4n) is 3.17. The molecule has 0 aromatic heterocycles. The van der Waals surface area contributed by atoms with Crippen LogP contribution in [0.1, 0.15) is 10.4 Å². The monoisotopic (exact) mass is 405 g/mol. The van der Waals surface area contributed by atoms with Gasteiger partial charge in [0.15, 0.2) is 11.5 Å². The number of anilines is 1. The van der Waals surface area contributed by atoms with Crippen molar-refractivity contribution < 1.29 is 19.2 Å². The molecule has 0 bridgehead atoms. The summed E-state index contributed by atoms with van der Waals surface area (Å²) >= 11 is 6.21. The number of hydrogen-bond donors (Lipinski definition) is 0. The number of carbonyl (C=O) groups is 1. The topological polar surface area (TPSA) is 85.2 Å². The smallest absolute Gasteiger partial charge is 0.271 e. The van der Waals surface area contributed by atoms with Gasteiger partial charge in [0.1, 0.15) is 0 Å². The average molecular weight is 406 g/mol. The number of benzene rings is 2. The lowest BCUT2D eigenvalue weighted by Gasteiger charge is -2.36. The SMILES string of the molecule is COc1ccc(C(=O)N2CCN(c3ccc([N+](=O)[O-])cc3Cl)CC2)cc1OC. The number of halogens is 1. The number of hydrogen-bond acceptors (Lipinski definition) is 6. The van der Waals surface area contributed by atoms with Gasteiger partial charge in [0.05, 0.1) is 29.9 Å². The van der Waals surface area contributed by atoms with Gasteiger partial charge in [0.25, 0.3) is 11.6 Å². The first-order chi connectivity index (χ1) is 13.4. The summed E-state index contributed by atoms with van der Waals surface area (Å²) in [5, 5.41) is 11.2. The minimum atomic E-state index is -0.477. The summed E-state index contributed by atoms with van der Waals surface area (Å²) in [6.45, 7) is 2.19. The Hall–Kier alpha value is -3.00. The van der Waals surface area contributed by atoms with Crippen LogP contribution in [-0.4, -0.2) is 56.1 Å². The van der Waals surface area contributed by atoms with Gasteiger partial charge in [0.2, 0.25) is 0 Å². The van der Waals surface area contributed by atoms with Gasteiger partial charge in [0, 0.05) is 43.9 Å². The third-order valence-corrected chi connectivity index (χ3v) is 4.98. The molecule has 148 valence electrons. The summed E-state index contributed by atoms with van der Waals surface area (Å²) in [5.41, 5.74) is 1.21. The van der Waals surface area contributed by atoms with Gasteiger partial charge in [-0.3, -0.25) is 14.9 Å². The molecule has 1 aliphatic rings. The van der Waals surface area contributed by atoms with Crippen molar-refractivity contribution in [2.24, 2.45) is 0 Å². The highest BCUT2D eigenvalue weighted by atomic mass is 35.5. The molecular formula is C19H20ClN3O5. The van der Waals surface area contributed by atoms with E-state index in [-0.39, 0.29) is 11.6 Å². The molecule has 3 rings (SSSR count). The van der Waals surface area contributed by atoms with Crippen molar-refractivity contribution >= 4 is 28.9 Å². The zero-order chi connectivity index (χ0) is 20.3. The van der Waals surface area contributed by atoms with Crippen LogP contribution in [0.25, 0.3) is 0 Å². The first kappa shape index (κ1) is 19.8. The number of nitro groups is 1. The van der Waals surface area contributed by atoms with Crippen LogP contribution in [0.3, 0.4) is 0 Å². The maximum absolute atomic E-state index is 12.8. The number of rotatable bonds is 5. The Labute approximate surface area is 167 Å². The third-order valence-electron chi connectivity index (χ3n) is 4.68. The molecule has 1 fully saturated rings. The van der Waals surface area contributed by atoms with E-state index >= 15 is 0 Å². The first-order valence-corrected chi connectivity index (χ1v) is 9.02. The molecule has 1 amide bonds. The van der Waals surface area contributed by atoms with Crippen molar-refractivity contribution in [2.45, 2.75) is 0 Å². The highest BCUT2D eigenvalue weighted by Crippen LogP contribution is 2.31. The van der Waals surface area contributed by atoms with Gasteiger partial charge in [-0.15, -0.1) is 0 Å². The molecule has 1 saturated heterocycles. The Morgan fingerprint density at radius 1 is 1.04 bits per heavy atom. The number of carbonyl (C=O) groups excluding carboxylic acids is 1. The number of nitrogens with zero attached hydrogens (tertiary/aromatic N) is 3. The molecule has 1 heterocycles. The molecule has 0 saturated carbocycles. The molecule has 0 atom stereocenters. The van der Waals surface area contributed by atoms with Crippen molar-refractivity contribution in [2.75, 3.05) is 45.3 Å². The lowest BCUT2D eigenvalue weighted by atomic mass is 10.1. The molecule has 28 heavy (non-hydrogen) atoms. The van der Waals surface area contributed by atoms with Crippen LogP contribution in [0.5, 0.6) is 11.5 Å². The van der Waals surface area contributed by atoms with Crippen molar-refractivity contribution in [1.29, 1.82) is 0 Å². The van der Waals surface area contributed by atoms with Gasteiger partial charge in [-0.05, 0) is 24.3 Å². The minimum absolute atomic E-state index is 0.0454. The summed E-state index contributed by atoms with van der Waals surface area (Å²) in [5.74, 6) is 0.983. The normalized spacial score (nSPS) is 14.0. The van der Waals surface area contributed by atoms with Gasteiger partial charge in [-0.2, -0.15) is 0 Å². The number of piperazine rings is 1. The average Bonchev–Trinajstić information content (AvgIpc) is 2.72. The van der Waals surface area contributed by atoms with Crippen LogP contribution in [0.4, 0.5) is 11.4 Å². The summed E-state index contributed by atoms with van der Waals surface area (Å²) < 4.78 is 10.5. The molecule has 0 N–H and O–H groups in total. The van der Waals surface area contributed by atoms with Crippen molar-refractivity contribution in [1.82, 2.24) is 4.90 Å². The van der Waals surface area contributed by atoms with Crippen LogP contribution in [-0.2, 0) is 0 Å². The van der Waals surface area contributed by atoms with E-state index in [0.717, 1.165) is 5.69 Å². The van der Waals surface area contributed by atoms with Gasteiger partial charge in [-0.25, -0.2) is 0 Å². The molecule has 2 aromatic carbocycles. The number of nitro benzene ring substituents is 1. The standard InChI is InChI=1S/C19H20ClN3O5/c1-27-17-6-3-13(11-18(17)28-2)19(24)22-9-7-21(8-10-22)16-5-4-14(23(25)26)12-15(16)20/h3-6,11-12H,7-10H2,1-2H3. The van der Waals surface area contributed by atoms with E-state index in [0.29, 0.717) is 48.3 Å². The second kappa shape index (κ2) is 8.35. The van der Waals surface area contributed by atoms with E-state index in [1.165, 1.54) is 19.2 Å². The van der Waals surface area contributed by atoms with E-state index in [2.05, 4.69) is 0 Å². The van der Waals surface area contributed by atoms with Gasteiger partial charge in [-0.1, -0.05) is 11.6 Å². The second-order valence-electron chi connectivity index (χ2n) is 6.24. The maximum Gasteiger partial charge on any atom is 0.271 e. The Morgan fingerprint density at radius 3 is 2.29 bits per heavy atom. The Morgan fingerprint density at radius 2 is 1.71 bits per heavy atom. The van der Waals surface area contributed by atoms with Gasteiger partial charge >= 0.3 is 0 Å². The number of non-ortho nitro benzene ring substituents is 1. The fraction of sp³-hybridized carbons (Fsp3) is 0.316. The summed E-state index contributed by atoms with van der Waals surface area (Å²) in [6.07, 6.45) is 0.